The molecule has 56 heavy (non-hydrogen) atoms. The van der Waals surface area contributed by atoms with E-state index in [0.717, 1.165) is 49.8 Å². The molecule has 12 aromatic rings. The fourth-order valence-electron chi connectivity index (χ4n) is 8.90. The number of fused-ring (bicyclic) bond motifs is 10. The number of hydrogen-bond donors (Lipinski definition) is 1. The first-order valence-corrected chi connectivity index (χ1v) is 19.1. The summed E-state index contributed by atoms with van der Waals surface area (Å²) in [5.74, 6) is 0.650. The minimum Gasteiger partial charge on any atom is -0.354 e. The Bertz CT molecular complexity index is 3540. The topological polar surface area (TPSA) is 46.5 Å². The summed E-state index contributed by atoms with van der Waals surface area (Å²) in [5, 5.41) is 10.7. The smallest absolute Gasteiger partial charge is 0.235 e. The number of hydrogen-bond acceptors (Lipinski definition) is 2. The van der Waals surface area contributed by atoms with Crippen LogP contribution in [0.15, 0.2) is 188 Å². The summed E-state index contributed by atoms with van der Waals surface area (Å²) in [6.07, 6.45) is 0. The van der Waals surface area contributed by atoms with Crippen molar-refractivity contribution in [2.45, 2.75) is 0 Å². The van der Waals surface area contributed by atoms with Gasteiger partial charge in [-0.3, -0.25) is 4.57 Å². The van der Waals surface area contributed by atoms with E-state index in [2.05, 4.69) is 198 Å². The molecule has 0 bridgehead atoms. The van der Waals surface area contributed by atoms with Crippen LogP contribution < -0.4 is 0 Å². The van der Waals surface area contributed by atoms with E-state index < -0.39 is 0 Å². The van der Waals surface area contributed by atoms with Crippen molar-refractivity contribution in [1.29, 1.82) is 0 Å². The van der Waals surface area contributed by atoms with Crippen LogP contribution in [-0.4, -0.2) is 19.5 Å². The van der Waals surface area contributed by atoms with Gasteiger partial charge in [0.25, 0.3) is 0 Å². The van der Waals surface area contributed by atoms with Gasteiger partial charge in [0.05, 0.1) is 22.2 Å². The number of benzene rings is 9. The number of aromatic amines is 1. The van der Waals surface area contributed by atoms with Crippen LogP contribution in [0.25, 0.3) is 116 Å². The van der Waals surface area contributed by atoms with Gasteiger partial charge in [-0.15, -0.1) is 0 Å². The quantitative estimate of drug-likeness (QED) is 0.197. The Morgan fingerprint density at radius 3 is 1.88 bits per heavy atom. The maximum absolute atomic E-state index is 5.45. The second kappa shape index (κ2) is 12.0. The first-order chi connectivity index (χ1) is 27.7. The second-order valence-corrected chi connectivity index (χ2v) is 14.7. The third kappa shape index (κ3) is 4.66. The molecule has 1 N–H and O–H groups in total. The van der Waals surface area contributed by atoms with Gasteiger partial charge >= 0.3 is 0 Å². The number of rotatable bonds is 4. The Hall–Kier alpha value is -7.56. The van der Waals surface area contributed by atoms with Crippen molar-refractivity contribution in [1.82, 2.24) is 19.5 Å². The summed E-state index contributed by atoms with van der Waals surface area (Å²) >= 11 is 0. The van der Waals surface area contributed by atoms with Gasteiger partial charge in [0, 0.05) is 43.5 Å². The molecule has 0 atom stereocenters. The van der Waals surface area contributed by atoms with Gasteiger partial charge in [0.1, 0.15) is 0 Å². The first-order valence-electron chi connectivity index (χ1n) is 19.1. The number of H-pyrrole nitrogens is 1. The highest BCUT2D eigenvalue weighted by Crippen LogP contribution is 2.41. The van der Waals surface area contributed by atoms with Gasteiger partial charge in [-0.1, -0.05) is 146 Å². The maximum atomic E-state index is 5.45. The Balaban J connectivity index is 1.08. The average molecular weight is 713 g/mol. The summed E-state index contributed by atoms with van der Waals surface area (Å²) < 4.78 is 2.25. The van der Waals surface area contributed by atoms with Gasteiger partial charge in [-0.25, -0.2) is 9.97 Å². The van der Waals surface area contributed by atoms with Crippen LogP contribution in [-0.2, 0) is 0 Å². The SMILES string of the molecule is c1ccc(-c2ccc3cc(-c4nc(-n5c6ccccc6c6ccc(-c7cc8[nH]c9ccccc9c8c8ccccc78)cc65)nc5ccccc45)ccc3c2)cc1. The van der Waals surface area contributed by atoms with Crippen LogP contribution >= 0.6 is 0 Å². The van der Waals surface area contributed by atoms with E-state index in [4.69, 9.17) is 9.97 Å². The van der Waals surface area contributed by atoms with Crippen molar-refractivity contribution in [3.8, 4) is 39.5 Å². The fraction of sp³-hybridized carbons (Fsp3) is 0. The third-order valence-corrected chi connectivity index (χ3v) is 11.5. The lowest BCUT2D eigenvalue weighted by Gasteiger charge is -2.13. The molecule has 0 aliphatic heterocycles. The highest BCUT2D eigenvalue weighted by molar-refractivity contribution is 6.23. The molecule has 12 rings (SSSR count). The van der Waals surface area contributed by atoms with Crippen LogP contribution in [0.4, 0.5) is 0 Å². The molecular formula is C52H32N4. The molecule has 0 saturated carbocycles. The van der Waals surface area contributed by atoms with E-state index in [1.807, 2.05) is 0 Å². The number of nitrogens with zero attached hydrogens (tertiary/aromatic N) is 3. The van der Waals surface area contributed by atoms with Crippen LogP contribution in [0.3, 0.4) is 0 Å². The lowest BCUT2D eigenvalue weighted by atomic mass is 9.94. The molecule has 0 amide bonds. The van der Waals surface area contributed by atoms with E-state index >= 15 is 0 Å². The Labute approximate surface area is 321 Å². The van der Waals surface area contributed by atoms with Gasteiger partial charge in [-0.2, -0.15) is 0 Å². The third-order valence-electron chi connectivity index (χ3n) is 11.5. The molecule has 260 valence electrons. The average Bonchev–Trinajstić information content (AvgIpc) is 3.81. The standard InChI is InChI=1S/C52H32N4/c1-2-12-32(13-3-1)33-22-23-35-29-37(25-24-34(35)28-33)51-43-18-7-10-20-46(43)54-52(55-51)56-48-21-11-8-15-39(48)40-27-26-36(30-49(40)56)44-31-47-50(41-16-5-4-14-38(41)44)42-17-6-9-19-45(42)53-47/h1-31,53H. The van der Waals surface area contributed by atoms with E-state index in [9.17, 15) is 0 Å². The summed E-state index contributed by atoms with van der Waals surface area (Å²) in [7, 11) is 0. The number of nitrogens with one attached hydrogen (secondary N) is 1. The van der Waals surface area contributed by atoms with Crippen LogP contribution in [0, 0.1) is 0 Å². The molecule has 0 aliphatic rings. The molecule has 0 unspecified atom stereocenters. The van der Waals surface area contributed by atoms with Crippen LogP contribution in [0.5, 0.6) is 0 Å². The first kappa shape index (κ1) is 30.9. The zero-order valence-electron chi connectivity index (χ0n) is 30.2. The van der Waals surface area contributed by atoms with E-state index in [-0.39, 0.29) is 0 Å². The van der Waals surface area contributed by atoms with Crippen LogP contribution in [0.1, 0.15) is 0 Å². The van der Waals surface area contributed by atoms with Gasteiger partial charge in [0.2, 0.25) is 5.95 Å². The van der Waals surface area contributed by atoms with Gasteiger partial charge in [0.15, 0.2) is 0 Å². The van der Waals surface area contributed by atoms with E-state index in [1.165, 1.54) is 59.8 Å². The van der Waals surface area contributed by atoms with Crippen molar-refractivity contribution < 1.29 is 0 Å². The van der Waals surface area contributed by atoms with Crippen molar-refractivity contribution >= 4 is 76.1 Å². The minimum absolute atomic E-state index is 0.650. The number of para-hydroxylation sites is 3. The predicted octanol–water partition coefficient (Wildman–Crippen LogP) is 13.7. The molecule has 9 aromatic carbocycles. The van der Waals surface area contributed by atoms with Gasteiger partial charge < -0.3 is 4.98 Å². The van der Waals surface area contributed by atoms with Gasteiger partial charge in [-0.05, 0) is 86.3 Å². The lowest BCUT2D eigenvalue weighted by molar-refractivity contribution is 1.01. The number of aromatic nitrogens is 4. The molecule has 0 spiro atoms. The summed E-state index contributed by atoms with van der Waals surface area (Å²) in [5.41, 5.74) is 12.1. The monoisotopic (exact) mass is 712 g/mol. The maximum Gasteiger partial charge on any atom is 0.235 e. The van der Waals surface area contributed by atoms with Crippen molar-refractivity contribution in [3.63, 3.8) is 0 Å². The minimum atomic E-state index is 0.650. The second-order valence-electron chi connectivity index (χ2n) is 14.7. The predicted molar refractivity (Wildman–Crippen MR) is 235 cm³/mol. The normalized spacial score (nSPS) is 11.9. The summed E-state index contributed by atoms with van der Waals surface area (Å²) in [6.45, 7) is 0. The Kier molecular flexibility index (Phi) is 6.60. The van der Waals surface area contributed by atoms with Crippen molar-refractivity contribution in [2.75, 3.05) is 0 Å². The molecule has 0 radical (unpaired) electrons. The molecule has 3 aromatic heterocycles. The largest absolute Gasteiger partial charge is 0.354 e. The molecular weight excluding hydrogens is 681 g/mol. The molecule has 0 saturated heterocycles. The molecule has 4 heteroatoms. The van der Waals surface area contributed by atoms with Crippen molar-refractivity contribution in [3.05, 3.63) is 188 Å². The Morgan fingerprint density at radius 1 is 0.375 bits per heavy atom. The molecule has 0 aliphatic carbocycles. The molecule has 3 heterocycles. The fourth-order valence-corrected chi connectivity index (χ4v) is 8.90. The van der Waals surface area contributed by atoms with Crippen LogP contribution in [0.2, 0.25) is 0 Å². The zero-order chi connectivity index (χ0) is 36.7. The lowest BCUT2D eigenvalue weighted by Crippen LogP contribution is -2.03. The Morgan fingerprint density at radius 2 is 1.02 bits per heavy atom. The molecule has 4 nitrogen and oxygen atoms in total. The zero-order valence-corrected chi connectivity index (χ0v) is 30.2. The highest BCUT2D eigenvalue weighted by atomic mass is 15.2. The molecule has 0 fully saturated rings. The van der Waals surface area contributed by atoms with E-state index in [0.29, 0.717) is 5.95 Å². The van der Waals surface area contributed by atoms with Crippen molar-refractivity contribution in [2.24, 2.45) is 0 Å². The summed E-state index contributed by atoms with van der Waals surface area (Å²) in [4.78, 5) is 14.4. The van der Waals surface area contributed by atoms with E-state index in [1.54, 1.807) is 0 Å². The highest BCUT2D eigenvalue weighted by Gasteiger charge is 2.19. The summed E-state index contributed by atoms with van der Waals surface area (Å²) in [6, 6.07) is 67.4.